The van der Waals surface area contributed by atoms with E-state index in [9.17, 15) is 4.79 Å². The zero-order valence-corrected chi connectivity index (χ0v) is 11.2. The number of hydrogen-bond acceptors (Lipinski definition) is 4. The number of thiophene rings is 1. The van der Waals surface area contributed by atoms with Crippen LogP contribution in [-0.4, -0.2) is 39.3 Å². The molecular formula is C12H20N2O2S. The third-order valence-electron chi connectivity index (χ3n) is 2.24. The van der Waals surface area contributed by atoms with E-state index in [0.717, 1.165) is 18.0 Å². The molecule has 0 atom stereocenters. The molecule has 0 aliphatic heterocycles. The van der Waals surface area contributed by atoms with Crippen molar-refractivity contribution < 1.29 is 9.53 Å². The number of carbonyl (C=O) groups is 1. The van der Waals surface area contributed by atoms with Crippen LogP contribution in [-0.2, 0) is 16.0 Å². The quantitative estimate of drug-likeness (QED) is 0.681. The van der Waals surface area contributed by atoms with Crippen LogP contribution in [0.4, 0.5) is 0 Å². The molecule has 2 N–H and O–H groups in total. The highest BCUT2D eigenvalue weighted by molar-refractivity contribution is 7.12. The topological polar surface area (TPSA) is 50.4 Å². The Hall–Kier alpha value is -0.910. The van der Waals surface area contributed by atoms with Gasteiger partial charge in [0.15, 0.2) is 0 Å². The molecule has 0 fully saturated rings. The molecule has 0 radical (unpaired) electrons. The molecule has 96 valence electrons. The number of methoxy groups -OCH3 is 1. The van der Waals surface area contributed by atoms with Crippen LogP contribution in [0.3, 0.4) is 0 Å². The van der Waals surface area contributed by atoms with E-state index in [1.807, 2.05) is 19.1 Å². The lowest BCUT2D eigenvalue weighted by molar-refractivity contribution is -0.120. The second-order valence-corrected chi connectivity index (χ2v) is 5.15. The van der Waals surface area contributed by atoms with Gasteiger partial charge in [0.1, 0.15) is 0 Å². The fourth-order valence-corrected chi connectivity index (χ4v) is 2.28. The Morgan fingerprint density at radius 3 is 2.82 bits per heavy atom. The van der Waals surface area contributed by atoms with E-state index in [4.69, 9.17) is 4.74 Å². The van der Waals surface area contributed by atoms with E-state index in [0.29, 0.717) is 19.6 Å². The summed E-state index contributed by atoms with van der Waals surface area (Å²) in [6, 6.07) is 4.05. The Morgan fingerprint density at radius 2 is 2.18 bits per heavy atom. The van der Waals surface area contributed by atoms with Crippen molar-refractivity contribution in [3.05, 3.63) is 21.9 Å². The Labute approximate surface area is 106 Å². The van der Waals surface area contributed by atoms with Gasteiger partial charge < -0.3 is 15.4 Å². The van der Waals surface area contributed by atoms with E-state index in [1.165, 1.54) is 4.88 Å². The summed E-state index contributed by atoms with van der Waals surface area (Å²) < 4.78 is 4.90. The van der Waals surface area contributed by atoms with Crippen LogP contribution in [0.15, 0.2) is 12.1 Å². The lowest BCUT2D eigenvalue weighted by atomic mass is 10.3. The molecular weight excluding hydrogens is 236 g/mol. The SMILES string of the molecule is COCCNCCNC(=O)Cc1ccc(C)s1. The van der Waals surface area contributed by atoms with Gasteiger partial charge in [0, 0.05) is 36.5 Å². The summed E-state index contributed by atoms with van der Waals surface area (Å²) in [4.78, 5) is 13.9. The number of nitrogens with one attached hydrogen (secondary N) is 2. The molecule has 0 aliphatic carbocycles. The molecule has 0 unspecified atom stereocenters. The molecule has 4 nitrogen and oxygen atoms in total. The van der Waals surface area contributed by atoms with E-state index in [2.05, 4.69) is 10.6 Å². The van der Waals surface area contributed by atoms with Crippen molar-refractivity contribution in [3.63, 3.8) is 0 Å². The van der Waals surface area contributed by atoms with Gasteiger partial charge in [-0.2, -0.15) is 0 Å². The van der Waals surface area contributed by atoms with E-state index >= 15 is 0 Å². The van der Waals surface area contributed by atoms with Gasteiger partial charge in [-0.3, -0.25) is 4.79 Å². The number of rotatable bonds is 8. The van der Waals surface area contributed by atoms with Crippen LogP contribution >= 0.6 is 11.3 Å². The van der Waals surface area contributed by atoms with Crippen molar-refractivity contribution in [1.29, 1.82) is 0 Å². The fourth-order valence-electron chi connectivity index (χ4n) is 1.39. The minimum absolute atomic E-state index is 0.0837. The Balaban J connectivity index is 2.05. The molecule has 1 rings (SSSR count). The molecule has 0 spiro atoms. The van der Waals surface area contributed by atoms with Crippen LogP contribution in [0.2, 0.25) is 0 Å². The molecule has 1 heterocycles. The summed E-state index contributed by atoms with van der Waals surface area (Å²) >= 11 is 1.67. The number of carbonyl (C=O) groups excluding carboxylic acids is 1. The van der Waals surface area contributed by atoms with E-state index in [-0.39, 0.29) is 5.91 Å². The van der Waals surface area contributed by atoms with Gasteiger partial charge in [-0.25, -0.2) is 0 Å². The largest absolute Gasteiger partial charge is 0.383 e. The highest BCUT2D eigenvalue weighted by Crippen LogP contribution is 2.15. The monoisotopic (exact) mass is 256 g/mol. The lowest BCUT2D eigenvalue weighted by Crippen LogP contribution is -2.33. The Kier molecular flexibility index (Phi) is 6.84. The van der Waals surface area contributed by atoms with Crippen molar-refractivity contribution >= 4 is 17.2 Å². The van der Waals surface area contributed by atoms with Crippen molar-refractivity contribution in [2.24, 2.45) is 0 Å². The number of ether oxygens (including phenoxy) is 1. The maximum absolute atomic E-state index is 11.6. The van der Waals surface area contributed by atoms with Gasteiger partial charge in [-0.1, -0.05) is 0 Å². The third kappa shape index (κ3) is 6.41. The Morgan fingerprint density at radius 1 is 1.35 bits per heavy atom. The van der Waals surface area contributed by atoms with Gasteiger partial charge >= 0.3 is 0 Å². The molecule has 0 bridgehead atoms. The minimum Gasteiger partial charge on any atom is -0.383 e. The minimum atomic E-state index is 0.0837. The van der Waals surface area contributed by atoms with Crippen LogP contribution < -0.4 is 10.6 Å². The van der Waals surface area contributed by atoms with Gasteiger partial charge in [0.05, 0.1) is 13.0 Å². The molecule has 0 aromatic carbocycles. The standard InChI is InChI=1S/C12H20N2O2S/c1-10-3-4-11(17-10)9-12(15)14-6-5-13-7-8-16-2/h3-4,13H,5-9H2,1-2H3,(H,14,15). The van der Waals surface area contributed by atoms with Gasteiger partial charge in [-0.15, -0.1) is 11.3 Å². The van der Waals surface area contributed by atoms with E-state index < -0.39 is 0 Å². The summed E-state index contributed by atoms with van der Waals surface area (Å²) in [6.45, 7) is 5.00. The molecule has 1 aromatic rings. The van der Waals surface area contributed by atoms with Crippen LogP contribution in [0.25, 0.3) is 0 Å². The first-order valence-corrected chi connectivity index (χ1v) is 6.55. The first-order chi connectivity index (χ1) is 8.22. The molecule has 1 aromatic heterocycles. The van der Waals surface area contributed by atoms with Gasteiger partial charge in [-0.05, 0) is 19.1 Å². The van der Waals surface area contributed by atoms with Crippen molar-refractivity contribution in [1.82, 2.24) is 10.6 Å². The van der Waals surface area contributed by atoms with E-state index in [1.54, 1.807) is 18.4 Å². The summed E-state index contributed by atoms with van der Waals surface area (Å²) in [6.07, 6.45) is 0.483. The summed E-state index contributed by atoms with van der Waals surface area (Å²) in [5.74, 6) is 0.0837. The van der Waals surface area contributed by atoms with Crippen molar-refractivity contribution in [2.45, 2.75) is 13.3 Å². The predicted octanol–water partition coefficient (Wildman–Crippen LogP) is 0.951. The first kappa shape index (κ1) is 14.2. The maximum Gasteiger partial charge on any atom is 0.225 e. The van der Waals surface area contributed by atoms with Gasteiger partial charge in [0.2, 0.25) is 5.91 Å². The average molecular weight is 256 g/mol. The highest BCUT2D eigenvalue weighted by atomic mass is 32.1. The second-order valence-electron chi connectivity index (χ2n) is 3.78. The summed E-state index contributed by atoms with van der Waals surface area (Å²) in [5.41, 5.74) is 0. The summed E-state index contributed by atoms with van der Waals surface area (Å²) in [5, 5.41) is 6.05. The van der Waals surface area contributed by atoms with Gasteiger partial charge in [0.25, 0.3) is 0 Å². The van der Waals surface area contributed by atoms with Crippen LogP contribution in [0, 0.1) is 6.92 Å². The Bertz CT molecular complexity index is 339. The smallest absolute Gasteiger partial charge is 0.225 e. The van der Waals surface area contributed by atoms with Crippen LogP contribution in [0.1, 0.15) is 9.75 Å². The van der Waals surface area contributed by atoms with Crippen molar-refractivity contribution in [2.75, 3.05) is 33.4 Å². The van der Waals surface area contributed by atoms with Crippen LogP contribution in [0.5, 0.6) is 0 Å². The number of amides is 1. The third-order valence-corrected chi connectivity index (χ3v) is 3.24. The molecule has 5 heteroatoms. The molecule has 17 heavy (non-hydrogen) atoms. The average Bonchev–Trinajstić information content (AvgIpc) is 2.69. The number of aryl methyl sites for hydroxylation is 1. The number of hydrogen-bond donors (Lipinski definition) is 2. The summed E-state index contributed by atoms with van der Waals surface area (Å²) in [7, 11) is 1.67. The molecule has 0 aliphatic rings. The normalized spacial score (nSPS) is 10.5. The second kappa shape index (κ2) is 8.22. The predicted molar refractivity (Wildman–Crippen MR) is 70.5 cm³/mol. The molecule has 0 saturated carbocycles. The zero-order valence-electron chi connectivity index (χ0n) is 10.4. The fraction of sp³-hybridized carbons (Fsp3) is 0.583. The lowest BCUT2D eigenvalue weighted by Gasteiger charge is -2.05. The first-order valence-electron chi connectivity index (χ1n) is 5.74. The molecule has 1 amide bonds. The zero-order chi connectivity index (χ0) is 12.5. The highest BCUT2D eigenvalue weighted by Gasteiger charge is 2.04. The maximum atomic E-state index is 11.6. The molecule has 0 saturated heterocycles. The van der Waals surface area contributed by atoms with Crippen molar-refractivity contribution in [3.8, 4) is 0 Å².